The maximum atomic E-state index is 12.5. The average molecular weight is 350 g/mol. The minimum absolute atomic E-state index is 0.0805. The van der Waals surface area contributed by atoms with E-state index in [2.05, 4.69) is 4.18 Å². The molecule has 4 nitrogen and oxygen atoms in total. The highest BCUT2D eigenvalue weighted by Gasteiger charge is 2.49. The molecule has 1 aliphatic rings. The largest absolute Gasteiger partial charge is 0.534 e. The van der Waals surface area contributed by atoms with Crippen molar-refractivity contribution in [2.45, 2.75) is 45.5 Å². The van der Waals surface area contributed by atoms with Gasteiger partial charge in [0.15, 0.2) is 11.5 Å². The standard InChI is InChI=1S/C15H17F3O4S/c1-9(19)13-11-8-14(2,3)7-6-10(11)4-5-12(13)22-23(20,21)15(16,17)18/h4-5H,6-8H2,1-3H3. The van der Waals surface area contributed by atoms with E-state index in [1.165, 1.54) is 13.0 Å². The molecule has 0 unspecified atom stereocenters. The first-order chi connectivity index (χ1) is 10.3. The summed E-state index contributed by atoms with van der Waals surface area (Å²) < 4.78 is 64.2. The Morgan fingerprint density at radius 3 is 2.39 bits per heavy atom. The molecular weight excluding hydrogens is 333 g/mol. The molecular formula is C15H17F3O4S. The molecule has 1 aromatic rings. The molecule has 0 spiro atoms. The van der Waals surface area contributed by atoms with E-state index in [1.807, 2.05) is 13.8 Å². The first-order valence-corrected chi connectivity index (χ1v) is 8.41. The Labute approximate surface area is 132 Å². The number of carbonyl (C=O) groups excluding carboxylic acids is 1. The van der Waals surface area contributed by atoms with Crippen molar-refractivity contribution in [3.63, 3.8) is 0 Å². The van der Waals surface area contributed by atoms with Crippen molar-refractivity contribution < 1.29 is 30.6 Å². The van der Waals surface area contributed by atoms with Gasteiger partial charge in [-0.2, -0.15) is 21.6 Å². The monoisotopic (exact) mass is 350 g/mol. The molecule has 0 saturated heterocycles. The summed E-state index contributed by atoms with van der Waals surface area (Å²) in [5.41, 5.74) is -4.34. The van der Waals surface area contributed by atoms with Gasteiger partial charge in [-0.05, 0) is 48.8 Å². The summed E-state index contributed by atoms with van der Waals surface area (Å²) in [7, 11) is -5.81. The van der Waals surface area contributed by atoms with E-state index < -0.39 is 27.2 Å². The van der Waals surface area contributed by atoms with Crippen LogP contribution >= 0.6 is 0 Å². The smallest absolute Gasteiger partial charge is 0.375 e. The number of Topliss-reactive ketones (excluding diaryl/α,β-unsaturated/α-hetero) is 1. The maximum Gasteiger partial charge on any atom is 0.534 e. The van der Waals surface area contributed by atoms with E-state index in [9.17, 15) is 26.4 Å². The number of rotatable bonds is 3. The molecule has 128 valence electrons. The van der Waals surface area contributed by atoms with E-state index in [0.717, 1.165) is 18.1 Å². The van der Waals surface area contributed by atoms with Gasteiger partial charge in [0.05, 0.1) is 5.56 Å². The lowest BCUT2D eigenvalue weighted by atomic mass is 9.72. The van der Waals surface area contributed by atoms with Crippen LogP contribution in [0.1, 0.15) is 48.7 Å². The Morgan fingerprint density at radius 2 is 1.87 bits per heavy atom. The van der Waals surface area contributed by atoms with Crippen molar-refractivity contribution in [3.8, 4) is 5.75 Å². The summed E-state index contributed by atoms with van der Waals surface area (Å²) in [5, 5.41) is 0. The third-order valence-corrected chi connectivity index (χ3v) is 4.90. The second kappa shape index (κ2) is 5.51. The zero-order valence-electron chi connectivity index (χ0n) is 13.0. The fraction of sp³-hybridized carbons (Fsp3) is 0.533. The van der Waals surface area contributed by atoms with E-state index in [4.69, 9.17) is 0 Å². The molecule has 0 atom stereocenters. The Kier molecular flexibility index (Phi) is 4.26. The number of hydrogen-bond acceptors (Lipinski definition) is 4. The molecule has 0 aromatic heterocycles. The van der Waals surface area contributed by atoms with Crippen LogP contribution in [0.15, 0.2) is 12.1 Å². The van der Waals surface area contributed by atoms with E-state index in [1.54, 1.807) is 0 Å². The van der Waals surface area contributed by atoms with Gasteiger partial charge in [0.1, 0.15) is 0 Å². The lowest BCUT2D eigenvalue weighted by Crippen LogP contribution is -2.29. The molecule has 0 amide bonds. The first-order valence-electron chi connectivity index (χ1n) is 7.00. The predicted molar refractivity (Wildman–Crippen MR) is 77.9 cm³/mol. The van der Waals surface area contributed by atoms with Crippen molar-refractivity contribution in [2.24, 2.45) is 5.41 Å². The number of fused-ring (bicyclic) bond motifs is 1. The quantitative estimate of drug-likeness (QED) is 0.474. The van der Waals surface area contributed by atoms with Gasteiger partial charge in [-0.15, -0.1) is 0 Å². The van der Waals surface area contributed by atoms with Crippen LogP contribution in [-0.4, -0.2) is 19.7 Å². The maximum absolute atomic E-state index is 12.5. The molecule has 0 fully saturated rings. The summed E-state index contributed by atoms with van der Waals surface area (Å²) in [6, 6.07) is 2.65. The Bertz CT molecular complexity index is 749. The fourth-order valence-electron chi connectivity index (χ4n) is 2.77. The molecule has 2 rings (SSSR count). The molecule has 23 heavy (non-hydrogen) atoms. The first kappa shape index (κ1) is 17.8. The van der Waals surface area contributed by atoms with E-state index >= 15 is 0 Å². The lowest BCUT2D eigenvalue weighted by molar-refractivity contribution is -0.0500. The van der Waals surface area contributed by atoms with Crippen LogP contribution in [0.3, 0.4) is 0 Å². The summed E-state index contributed by atoms with van der Waals surface area (Å²) >= 11 is 0. The summed E-state index contributed by atoms with van der Waals surface area (Å²) in [5.74, 6) is -1.09. The Balaban J connectivity index is 2.57. The zero-order chi connectivity index (χ0) is 17.6. The molecule has 0 aliphatic heterocycles. The number of benzene rings is 1. The van der Waals surface area contributed by atoms with Gasteiger partial charge < -0.3 is 4.18 Å². The zero-order valence-corrected chi connectivity index (χ0v) is 13.8. The van der Waals surface area contributed by atoms with Crippen molar-refractivity contribution in [3.05, 3.63) is 28.8 Å². The van der Waals surface area contributed by atoms with Gasteiger partial charge in [0.25, 0.3) is 0 Å². The lowest BCUT2D eigenvalue weighted by Gasteiger charge is -2.32. The van der Waals surface area contributed by atoms with Crippen LogP contribution in [0.4, 0.5) is 13.2 Å². The van der Waals surface area contributed by atoms with Gasteiger partial charge in [-0.25, -0.2) is 0 Å². The third kappa shape index (κ3) is 3.52. The summed E-state index contributed by atoms with van der Waals surface area (Å²) in [4.78, 5) is 11.9. The number of carbonyl (C=O) groups is 1. The fourth-order valence-corrected chi connectivity index (χ4v) is 3.24. The van der Waals surface area contributed by atoms with Gasteiger partial charge in [0, 0.05) is 0 Å². The Morgan fingerprint density at radius 1 is 1.26 bits per heavy atom. The highest BCUT2D eigenvalue weighted by Crippen LogP contribution is 2.40. The molecule has 1 aliphatic carbocycles. The molecule has 8 heteroatoms. The highest BCUT2D eigenvalue weighted by atomic mass is 32.2. The third-order valence-electron chi connectivity index (χ3n) is 3.93. The molecule has 0 radical (unpaired) electrons. The highest BCUT2D eigenvalue weighted by molar-refractivity contribution is 7.88. The van der Waals surface area contributed by atoms with Gasteiger partial charge >= 0.3 is 15.6 Å². The van der Waals surface area contributed by atoms with Gasteiger partial charge in [-0.1, -0.05) is 19.9 Å². The van der Waals surface area contributed by atoms with Crippen LogP contribution in [0.25, 0.3) is 0 Å². The predicted octanol–water partition coefficient (Wildman–Crippen LogP) is 3.63. The van der Waals surface area contributed by atoms with Crippen molar-refractivity contribution in [2.75, 3.05) is 0 Å². The van der Waals surface area contributed by atoms with Crippen LogP contribution in [0, 0.1) is 5.41 Å². The molecule has 0 saturated carbocycles. The molecule has 1 aromatic carbocycles. The Hall–Kier alpha value is -1.57. The topological polar surface area (TPSA) is 60.4 Å². The van der Waals surface area contributed by atoms with Crippen LogP contribution < -0.4 is 4.18 Å². The molecule has 0 bridgehead atoms. The van der Waals surface area contributed by atoms with Crippen LogP contribution in [-0.2, 0) is 23.0 Å². The normalized spacial score (nSPS) is 17.5. The van der Waals surface area contributed by atoms with Crippen LogP contribution in [0.5, 0.6) is 5.75 Å². The summed E-state index contributed by atoms with van der Waals surface area (Å²) in [6.45, 7) is 5.16. The van der Waals surface area contributed by atoms with E-state index in [0.29, 0.717) is 18.4 Å². The molecule has 0 heterocycles. The second-order valence-corrected chi connectivity index (χ2v) is 7.99. The average Bonchev–Trinajstić information content (AvgIpc) is 2.34. The number of alkyl halides is 3. The van der Waals surface area contributed by atoms with E-state index in [-0.39, 0.29) is 11.0 Å². The van der Waals surface area contributed by atoms with Gasteiger partial charge in [-0.3, -0.25) is 4.79 Å². The number of hydrogen-bond donors (Lipinski definition) is 0. The number of halogens is 3. The number of aryl methyl sites for hydroxylation is 1. The van der Waals surface area contributed by atoms with Crippen molar-refractivity contribution in [1.29, 1.82) is 0 Å². The minimum atomic E-state index is -5.81. The minimum Gasteiger partial charge on any atom is -0.375 e. The SMILES string of the molecule is CC(=O)c1c(OS(=O)(=O)C(F)(F)F)ccc2c1CC(C)(C)CC2. The second-order valence-electron chi connectivity index (χ2n) is 6.46. The van der Waals surface area contributed by atoms with Crippen molar-refractivity contribution in [1.82, 2.24) is 0 Å². The summed E-state index contributed by atoms with van der Waals surface area (Å²) in [6.07, 6.45) is 2.02. The van der Waals surface area contributed by atoms with Crippen LogP contribution in [0.2, 0.25) is 0 Å². The number of ketones is 1. The van der Waals surface area contributed by atoms with Crippen molar-refractivity contribution >= 4 is 15.9 Å². The van der Waals surface area contributed by atoms with Gasteiger partial charge in [0.2, 0.25) is 0 Å². The molecule has 0 N–H and O–H groups in total.